The van der Waals surface area contributed by atoms with Gasteiger partial charge in [0.15, 0.2) is 5.13 Å². The molecular weight excluding hydrogens is 502 g/mol. The van der Waals surface area contributed by atoms with Crippen molar-refractivity contribution in [1.29, 1.82) is 0 Å². The number of fused-ring (bicyclic) bond motifs is 1. The van der Waals surface area contributed by atoms with Gasteiger partial charge in [0.25, 0.3) is 5.91 Å². The molecule has 0 aliphatic heterocycles. The fourth-order valence-electron chi connectivity index (χ4n) is 2.45. The predicted molar refractivity (Wildman–Crippen MR) is 97.0 cm³/mol. The van der Waals surface area contributed by atoms with Crippen LogP contribution >= 0.6 is 30.8 Å². The van der Waals surface area contributed by atoms with Crippen molar-refractivity contribution in [3.8, 4) is 5.75 Å². The Kier molecular flexibility index (Phi) is 10.1. The summed E-state index contributed by atoms with van der Waals surface area (Å²) in [5.41, 5.74) is -0.874. The summed E-state index contributed by atoms with van der Waals surface area (Å²) in [6, 6.07) is 5.29. The number of carbonyl (C=O) groups is 1. The molecule has 0 aliphatic carbocycles. The van der Waals surface area contributed by atoms with Crippen molar-refractivity contribution in [2.45, 2.75) is 13.1 Å². The number of rotatable bonds is 4. The fraction of sp³-hybridized carbons (Fsp3) is 0.125. The van der Waals surface area contributed by atoms with Gasteiger partial charge >= 0.3 is 65.3 Å². The Morgan fingerprint density at radius 2 is 1.87 bits per heavy atom. The summed E-state index contributed by atoms with van der Waals surface area (Å²) in [6.07, 6.45) is -4.53. The van der Waals surface area contributed by atoms with E-state index in [0.29, 0.717) is 0 Å². The number of benzene rings is 2. The van der Waals surface area contributed by atoms with E-state index < -0.39 is 31.2 Å². The number of carbonyl (C=O) groups excluding carboxylic acids is 1. The molecule has 0 spiro atoms. The Morgan fingerprint density at radius 3 is 2.45 bits per heavy atom. The number of aromatic nitrogens is 1. The Bertz CT molecular complexity index is 1170. The van der Waals surface area contributed by atoms with Gasteiger partial charge in [0.05, 0.1) is 21.3 Å². The number of phosphoric acid groups is 1. The molecule has 1 aromatic heterocycles. The van der Waals surface area contributed by atoms with Gasteiger partial charge in [0.1, 0.15) is 13.6 Å². The molecule has 3 rings (SSSR count). The molecule has 154 valence electrons. The van der Waals surface area contributed by atoms with Gasteiger partial charge in [-0.1, -0.05) is 22.9 Å². The average Bonchev–Trinajstić information content (AvgIpc) is 2.96. The zero-order chi connectivity index (χ0) is 21.6. The minimum Gasteiger partial charge on any atom is -0.780 e. The molecule has 7 nitrogen and oxygen atoms in total. The standard InChI is InChI=1S/C16H11ClF3N2O5PS.2Na/c1-7-4-9(17)6-10(13(7)27-28(24,25)26)14(23)22-15-21-11-3-2-8(16(18,19)20)5-12(11)29-15;;/h2-6H,1H3,(H,21,22,23)(H2,24,25,26);;/q;2*+1/p-2. The number of thiazole rings is 1. The molecule has 0 saturated heterocycles. The Morgan fingerprint density at radius 1 is 1.23 bits per heavy atom. The van der Waals surface area contributed by atoms with Crippen LogP contribution in [0.4, 0.5) is 18.3 Å². The molecule has 0 atom stereocenters. The molecule has 1 heterocycles. The first-order valence-electron chi connectivity index (χ1n) is 7.64. The van der Waals surface area contributed by atoms with Crippen LogP contribution in [0, 0.1) is 6.92 Å². The summed E-state index contributed by atoms with van der Waals surface area (Å²) in [7, 11) is -5.47. The van der Waals surface area contributed by atoms with Crippen LogP contribution in [0.3, 0.4) is 0 Å². The van der Waals surface area contributed by atoms with Crippen LogP contribution in [0.15, 0.2) is 30.3 Å². The minimum atomic E-state index is -5.47. The second-order valence-corrected chi connectivity index (χ2v) is 8.34. The number of anilines is 1. The summed E-state index contributed by atoms with van der Waals surface area (Å²) >= 11 is 6.67. The van der Waals surface area contributed by atoms with Crippen molar-refractivity contribution < 1.29 is 96.0 Å². The van der Waals surface area contributed by atoms with Gasteiger partial charge in [-0.2, -0.15) is 13.2 Å². The van der Waals surface area contributed by atoms with Crippen LogP contribution in [0.5, 0.6) is 5.75 Å². The smallest absolute Gasteiger partial charge is 0.780 e. The van der Waals surface area contributed by atoms with Gasteiger partial charge in [-0.25, -0.2) is 4.98 Å². The van der Waals surface area contributed by atoms with Gasteiger partial charge in [-0.3, -0.25) is 10.1 Å². The zero-order valence-electron chi connectivity index (χ0n) is 16.2. The summed E-state index contributed by atoms with van der Waals surface area (Å²) in [5, 5.41) is 2.37. The first-order chi connectivity index (χ1) is 13.3. The van der Waals surface area contributed by atoms with Gasteiger partial charge < -0.3 is 18.9 Å². The first-order valence-corrected chi connectivity index (χ1v) is 10.3. The number of alkyl halides is 3. The van der Waals surface area contributed by atoms with Crippen molar-refractivity contribution in [1.82, 2.24) is 4.98 Å². The van der Waals surface area contributed by atoms with E-state index in [1.165, 1.54) is 13.0 Å². The third-order valence-electron chi connectivity index (χ3n) is 3.62. The Hall–Kier alpha value is -0.170. The van der Waals surface area contributed by atoms with E-state index >= 15 is 0 Å². The molecule has 1 N–H and O–H groups in total. The van der Waals surface area contributed by atoms with E-state index in [2.05, 4.69) is 14.8 Å². The first kappa shape index (κ1) is 28.9. The summed E-state index contributed by atoms with van der Waals surface area (Å²) < 4.78 is 54.0. The monoisotopic (exact) mass is 510 g/mol. The van der Waals surface area contributed by atoms with Crippen molar-refractivity contribution in [2.75, 3.05) is 5.32 Å². The van der Waals surface area contributed by atoms with Gasteiger partial charge in [-0.05, 0) is 42.8 Å². The third-order valence-corrected chi connectivity index (χ3v) is 5.18. The molecule has 0 unspecified atom stereocenters. The van der Waals surface area contributed by atoms with E-state index in [9.17, 15) is 32.3 Å². The van der Waals surface area contributed by atoms with Gasteiger partial charge in [0, 0.05) is 5.02 Å². The van der Waals surface area contributed by atoms with Crippen LogP contribution in [0.25, 0.3) is 10.2 Å². The topological polar surface area (TPSA) is 114 Å². The molecule has 3 aromatic rings. The normalized spacial score (nSPS) is 11.5. The SMILES string of the molecule is Cc1cc(Cl)cc(C(=O)Nc2nc3ccc(C(F)(F)F)cc3s2)c1OP(=O)([O-])[O-].[Na+].[Na+]. The molecule has 0 saturated carbocycles. The quantitative estimate of drug-likeness (QED) is 0.313. The number of aryl methyl sites for hydroxylation is 1. The molecule has 0 radical (unpaired) electrons. The number of phosphoric ester groups is 1. The summed E-state index contributed by atoms with van der Waals surface area (Å²) in [4.78, 5) is 38.6. The van der Waals surface area contributed by atoms with E-state index in [1.54, 1.807) is 0 Å². The Labute approximate surface area is 227 Å². The van der Waals surface area contributed by atoms with Crippen molar-refractivity contribution in [3.63, 3.8) is 0 Å². The number of hydrogen-bond donors (Lipinski definition) is 1. The minimum absolute atomic E-state index is 0. The third kappa shape index (κ3) is 7.41. The Balaban J connectivity index is 0.00000240. The largest absolute Gasteiger partial charge is 1.00 e. The molecule has 0 aliphatic rings. The van der Waals surface area contributed by atoms with Crippen molar-refractivity contribution in [3.05, 3.63) is 52.0 Å². The predicted octanol–water partition coefficient (Wildman–Crippen LogP) is -2.26. The molecule has 1 amide bonds. The number of halogens is 4. The van der Waals surface area contributed by atoms with Gasteiger partial charge in [0.2, 0.25) is 0 Å². The maximum atomic E-state index is 12.8. The van der Waals surface area contributed by atoms with Crippen LogP contribution < -0.4 is 78.7 Å². The molecule has 0 bridgehead atoms. The number of amides is 1. The zero-order valence-corrected chi connectivity index (χ0v) is 22.7. The number of nitrogens with one attached hydrogen (secondary N) is 1. The van der Waals surface area contributed by atoms with E-state index in [0.717, 1.165) is 35.6 Å². The van der Waals surface area contributed by atoms with E-state index in [4.69, 9.17) is 11.6 Å². The van der Waals surface area contributed by atoms with Crippen LogP contribution in [-0.2, 0) is 10.7 Å². The summed E-state index contributed by atoms with van der Waals surface area (Å²) in [5.74, 6) is -1.41. The van der Waals surface area contributed by atoms with E-state index in [1.807, 2.05) is 0 Å². The molecular formula is C16H9ClF3N2Na2O5PS. The fourth-order valence-corrected chi connectivity index (χ4v) is 4.09. The van der Waals surface area contributed by atoms with Crippen LogP contribution in [0.2, 0.25) is 5.02 Å². The second kappa shape index (κ2) is 10.8. The number of hydrogen-bond acceptors (Lipinski definition) is 7. The molecule has 15 heteroatoms. The van der Waals surface area contributed by atoms with Crippen LogP contribution in [-0.4, -0.2) is 10.9 Å². The van der Waals surface area contributed by atoms with Crippen molar-refractivity contribution >= 4 is 52.0 Å². The maximum absolute atomic E-state index is 12.8. The molecule has 2 aromatic carbocycles. The average molecular weight is 511 g/mol. The van der Waals surface area contributed by atoms with Crippen LogP contribution in [0.1, 0.15) is 21.5 Å². The number of nitrogens with zero attached hydrogens (tertiary/aromatic N) is 1. The second-order valence-electron chi connectivity index (χ2n) is 5.79. The maximum Gasteiger partial charge on any atom is 1.00 e. The van der Waals surface area contributed by atoms with Crippen molar-refractivity contribution in [2.24, 2.45) is 0 Å². The molecule has 0 fully saturated rings. The van der Waals surface area contributed by atoms with E-state index in [-0.39, 0.29) is 90.6 Å². The molecule has 31 heavy (non-hydrogen) atoms. The summed E-state index contributed by atoms with van der Waals surface area (Å²) in [6.45, 7) is 1.38. The van der Waals surface area contributed by atoms with Gasteiger partial charge in [-0.15, -0.1) is 0 Å².